The van der Waals surface area contributed by atoms with Crippen LogP contribution in [0, 0.1) is 6.92 Å². The molecule has 26 heavy (non-hydrogen) atoms. The predicted octanol–water partition coefficient (Wildman–Crippen LogP) is 2.44. The van der Waals surface area contributed by atoms with Gasteiger partial charge in [-0.1, -0.05) is 19.1 Å². The smallest absolute Gasteiger partial charge is 0.243 e. The molecule has 6 nitrogen and oxygen atoms in total. The fourth-order valence-electron chi connectivity index (χ4n) is 2.74. The molecular formula is C20H31N5O. The molecular weight excluding hydrogens is 326 g/mol. The van der Waals surface area contributed by atoms with Gasteiger partial charge in [-0.2, -0.15) is 0 Å². The molecule has 0 aliphatic heterocycles. The van der Waals surface area contributed by atoms with Gasteiger partial charge in [0.15, 0.2) is 5.96 Å². The van der Waals surface area contributed by atoms with Crippen LogP contribution in [0.4, 0.5) is 0 Å². The Bertz CT molecular complexity index is 763. The highest BCUT2D eigenvalue weighted by atomic mass is 16.2. The number of likely N-dealkylation sites (N-methyl/N-ethyl adjacent to an activating group) is 1. The number of fused-ring (bicyclic) bond motifs is 1. The van der Waals surface area contributed by atoms with Crippen molar-refractivity contribution in [1.29, 1.82) is 0 Å². The SMILES string of the molecule is CCC(C)NC(=NCC(=O)N(C)C)NCCc1c[nH]c2cccc(C)c12. The lowest BCUT2D eigenvalue weighted by molar-refractivity contribution is -0.127. The van der Waals surface area contributed by atoms with Gasteiger partial charge in [0.25, 0.3) is 0 Å². The number of hydrogen-bond acceptors (Lipinski definition) is 2. The molecule has 1 unspecified atom stereocenters. The second-order valence-corrected chi connectivity index (χ2v) is 6.89. The first-order valence-electron chi connectivity index (χ1n) is 9.23. The second-order valence-electron chi connectivity index (χ2n) is 6.89. The Labute approximate surface area is 156 Å². The minimum Gasteiger partial charge on any atom is -0.361 e. The lowest BCUT2D eigenvalue weighted by Gasteiger charge is -2.17. The van der Waals surface area contributed by atoms with Gasteiger partial charge in [0, 0.05) is 43.8 Å². The number of aryl methyl sites for hydroxylation is 1. The number of nitrogens with one attached hydrogen (secondary N) is 3. The molecule has 142 valence electrons. The highest BCUT2D eigenvalue weighted by molar-refractivity contribution is 5.87. The largest absolute Gasteiger partial charge is 0.361 e. The molecule has 1 amide bonds. The molecule has 1 heterocycles. The number of aliphatic imine (C=N–C) groups is 1. The molecule has 0 radical (unpaired) electrons. The first-order chi connectivity index (χ1) is 12.4. The number of rotatable bonds is 7. The first-order valence-corrected chi connectivity index (χ1v) is 9.23. The summed E-state index contributed by atoms with van der Waals surface area (Å²) in [6.07, 6.45) is 3.95. The van der Waals surface area contributed by atoms with Gasteiger partial charge in [-0.05, 0) is 43.9 Å². The van der Waals surface area contributed by atoms with Gasteiger partial charge in [0.1, 0.15) is 6.54 Å². The summed E-state index contributed by atoms with van der Waals surface area (Å²) in [5.41, 5.74) is 3.74. The van der Waals surface area contributed by atoms with Crippen LogP contribution < -0.4 is 10.6 Å². The third kappa shape index (κ3) is 5.25. The standard InChI is InChI=1S/C20H31N5O/c1-6-15(3)24-20(23-13-18(26)25(4)5)21-11-10-16-12-22-17-9-7-8-14(2)19(16)17/h7-9,12,15,22H,6,10-11,13H2,1-5H3,(H2,21,23,24). The Balaban J connectivity index is 2.01. The number of amides is 1. The van der Waals surface area contributed by atoms with E-state index >= 15 is 0 Å². The first kappa shape index (κ1) is 19.8. The molecule has 1 aromatic heterocycles. The van der Waals surface area contributed by atoms with Gasteiger partial charge in [0.05, 0.1) is 0 Å². The number of carbonyl (C=O) groups excluding carboxylic acids is 1. The minimum atomic E-state index is -0.0116. The van der Waals surface area contributed by atoms with E-state index in [2.05, 4.69) is 65.8 Å². The molecule has 2 rings (SSSR count). The molecule has 0 saturated carbocycles. The highest BCUT2D eigenvalue weighted by Gasteiger charge is 2.09. The van der Waals surface area contributed by atoms with Crippen LogP contribution in [-0.4, -0.2) is 55.0 Å². The van der Waals surface area contributed by atoms with Crippen molar-refractivity contribution in [2.45, 2.75) is 39.7 Å². The van der Waals surface area contributed by atoms with Gasteiger partial charge >= 0.3 is 0 Å². The fourth-order valence-corrected chi connectivity index (χ4v) is 2.74. The van der Waals surface area contributed by atoms with E-state index in [4.69, 9.17) is 0 Å². The van der Waals surface area contributed by atoms with Crippen molar-refractivity contribution in [3.8, 4) is 0 Å². The number of guanidine groups is 1. The number of H-pyrrole nitrogens is 1. The zero-order valence-corrected chi connectivity index (χ0v) is 16.5. The number of aromatic nitrogens is 1. The summed E-state index contributed by atoms with van der Waals surface area (Å²) >= 11 is 0. The Morgan fingerprint density at radius 3 is 2.81 bits per heavy atom. The molecule has 0 saturated heterocycles. The Kier molecular flexibility index (Phi) is 7.06. The average molecular weight is 358 g/mol. The summed E-state index contributed by atoms with van der Waals surface area (Å²) in [5.74, 6) is 0.675. The zero-order chi connectivity index (χ0) is 19.1. The van der Waals surface area contributed by atoms with Crippen molar-refractivity contribution in [3.05, 3.63) is 35.5 Å². The third-order valence-electron chi connectivity index (χ3n) is 4.55. The predicted molar refractivity (Wildman–Crippen MR) is 109 cm³/mol. The number of hydrogen-bond donors (Lipinski definition) is 3. The van der Waals surface area contributed by atoms with Crippen LogP contribution in [0.5, 0.6) is 0 Å². The summed E-state index contributed by atoms with van der Waals surface area (Å²) in [6, 6.07) is 6.60. The summed E-state index contributed by atoms with van der Waals surface area (Å²) in [6.45, 7) is 7.25. The molecule has 0 aliphatic carbocycles. The number of aromatic amines is 1. The molecule has 3 N–H and O–H groups in total. The van der Waals surface area contributed by atoms with Gasteiger partial charge in [0.2, 0.25) is 5.91 Å². The highest BCUT2D eigenvalue weighted by Crippen LogP contribution is 2.22. The monoisotopic (exact) mass is 357 g/mol. The lowest BCUT2D eigenvalue weighted by atomic mass is 10.1. The Hall–Kier alpha value is -2.50. The number of nitrogens with zero attached hydrogens (tertiary/aromatic N) is 2. The van der Waals surface area contributed by atoms with Crippen LogP contribution in [0.3, 0.4) is 0 Å². The van der Waals surface area contributed by atoms with Crippen molar-refractivity contribution in [3.63, 3.8) is 0 Å². The molecule has 2 aromatic rings. The van der Waals surface area contributed by atoms with E-state index in [-0.39, 0.29) is 12.5 Å². The molecule has 6 heteroatoms. The third-order valence-corrected chi connectivity index (χ3v) is 4.55. The van der Waals surface area contributed by atoms with Crippen LogP contribution >= 0.6 is 0 Å². The van der Waals surface area contributed by atoms with E-state index < -0.39 is 0 Å². The topological polar surface area (TPSA) is 72.5 Å². The maximum absolute atomic E-state index is 11.8. The molecule has 0 bridgehead atoms. The second kappa shape index (κ2) is 9.27. The maximum Gasteiger partial charge on any atom is 0.243 e. The Morgan fingerprint density at radius 2 is 2.12 bits per heavy atom. The minimum absolute atomic E-state index is 0.0116. The van der Waals surface area contributed by atoms with Crippen molar-refractivity contribution in [2.75, 3.05) is 27.2 Å². The van der Waals surface area contributed by atoms with Crippen molar-refractivity contribution in [2.24, 2.45) is 4.99 Å². The number of carbonyl (C=O) groups is 1. The van der Waals surface area contributed by atoms with Gasteiger partial charge < -0.3 is 20.5 Å². The van der Waals surface area contributed by atoms with Crippen LogP contribution in [0.1, 0.15) is 31.4 Å². The molecule has 0 fully saturated rings. The van der Waals surface area contributed by atoms with E-state index in [1.165, 1.54) is 22.0 Å². The normalized spacial score (nSPS) is 12.9. The van der Waals surface area contributed by atoms with Gasteiger partial charge in [-0.15, -0.1) is 0 Å². The van der Waals surface area contributed by atoms with Crippen molar-refractivity contribution >= 4 is 22.8 Å². The van der Waals surface area contributed by atoms with Crippen LogP contribution in [0.2, 0.25) is 0 Å². The molecule has 1 atom stereocenters. The van der Waals surface area contributed by atoms with Crippen molar-refractivity contribution < 1.29 is 4.79 Å². The van der Waals surface area contributed by atoms with Crippen LogP contribution in [0.15, 0.2) is 29.4 Å². The van der Waals surface area contributed by atoms with Gasteiger partial charge in [-0.25, -0.2) is 4.99 Å². The van der Waals surface area contributed by atoms with E-state index in [1.54, 1.807) is 19.0 Å². The lowest BCUT2D eigenvalue weighted by Crippen LogP contribution is -2.43. The van der Waals surface area contributed by atoms with E-state index in [0.29, 0.717) is 12.0 Å². The van der Waals surface area contributed by atoms with E-state index in [9.17, 15) is 4.79 Å². The van der Waals surface area contributed by atoms with Crippen molar-refractivity contribution in [1.82, 2.24) is 20.5 Å². The summed E-state index contributed by atoms with van der Waals surface area (Å²) in [4.78, 5) is 21.1. The van der Waals surface area contributed by atoms with E-state index in [0.717, 1.165) is 19.4 Å². The van der Waals surface area contributed by atoms with E-state index in [1.807, 2.05) is 0 Å². The van der Waals surface area contributed by atoms with Crippen LogP contribution in [0.25, 0.3) is 10.9 Å². The fraction of sp³-hybridized carbons (Fsp3) is 0.500. The summed E-state index contributed by atoms with van der Waals surface area (Å²) in [7, 11) is 3.48. The van der Waals surface area contributed by atoms with Crippen LogP contribution in [-0.2, 0) is 11.2 Å². The zero-order valence-electron chi connectivity index (χ0n) is 16.5. The molecule has 0 spiro atoms. The summed E-state index contributed by atoms with van der Waals surface area (Å²) in [5, 5.41) is 8.00. The average Bonchev–Trinajstić information content (AvgIpc) is 3.03. The Morgan fingerprint density at radius 1 is 1.35 bits per heavy atom. The number of benzene rings is 1. The maximum atomic E-state index is 11.8. The molecule has 0 aliphatic rings. The van der Waals surface area contributed by atoms with Gasteiger partial charge in [-0.3, -0.25) is 4.79 Å². The molecule has 1 aromatic carbocycles. The quantitative estimate of drug-likeness (QED) is 0.526. The summed E-state index contributed by atoms with van der Waals surface area (Å²) < 4.78 is 0.